The molecule has 2 N–H and O–H groups in total. The van der Waals surface area contributed by atoms with Crippen LogP contribution in [0.4, 0.5) is 5.69 Å². The van der Waals surface area contributed by atoms with E-state index in [-0.39, 0.29) is 11.9 Å². The van der Waals surface area contributed by atoms with E-state index < -0.39 is 0 Å². The van der Waals surface area contributed by atoms with E-state index in [2.05, 4.69) is 43.5 Å². The predicted octanol–water partition coefficient (Wildman–Crippen LogP) is 2.82. The first-order chi connectivity index (χ1) is 8.52. The Bertz CT molecular complexity index is 371. The van der Waals surface area contributed by atoms with Gasteiger partial charge in [-0.3, -0.25) is 4.79 Å². The van der Waals surface area contributed by atoms with E-state index in [1.165, 1.54) is 5.56 Å². The lowest BCUT2D eigenvalue weighted by Gasteiger charge is -2.16. The van der Waals surface area contributed by atoms with Gasteiger partial charge in [0.25, 0.3) is 0 Å². The summed E-state index contributed by atoms with van der Waals surface area (Å²) in [5.41, 5.74) is 2.29. The van der Waals surface area contributed by atoms with Crippen LogP contribution >= 0.6 is 0 Å². The Morgan fingerprint density at radius 1 is 1.17 bits per heavy atom. The van der Waals surface area contributed by atoms with Crippen molar-refractivity contribution in [2.75, 3.05) is 11.9 Å². The highest BCUT2D eigenvalue weighted by Crippen LogP contribution is 2.11. The molecule has 0 fully saturated rings. The molecule has 1 unspecified atom stereocenters. The maximum absolute atomic E-state index is 11.8. The summed E-state index contributed by atoms with van der Waals surface area (Å²) >= 11 is 0. The standard InChI is InChI=1S/C15H24N2O/c1-5-13-6-8-14(9-7-13)17-12(4)15(18)16-10-11(2)3/h6-9,11-12,17H,5,10H2,1-4H3,(H,16,18). The number of carbonyl (C=O) groups excluding carboxylic acids is 1. The minimum atomic E-state index is -0.212. The second kappa shape index (κ2) is 7.04. The van der Waals surface area contributed by atoms with Crippen molar-refractivity contribution in [2.45, 2.75) is 40.2 Å². The van der Waals surface area contributed by atoms with E-state index in [1.807, 2.05) is 19.1 Å². The zero-order valence-corrected chi connectivity index (χ0v) is 11.8. The number of carbonyl (C=O) groups is 1. The smallest absolute Gasteiger partial charge is 0.242 e. The molecule has 0 saturated heterocycles. The van der Waals surface area contributed by atoms with E-state index in [0.717, 1.165) is 18.7 Å². The molecule has 0 radical (unpaired) electrons. The van der Waals surface area contributed by atoms with Crippen molar-refractivity contribution in [2.24, 2.45) is 5.92 Å². The average Bonchev–Trinajstić information content (AvgIpc) is 2.36. The SMILES string of the molecule is CCc1ccc(NC(C)C(=O)NCC(C)C)cc1. The van der Waals surface area contributed by atoms with Gasteiger partial charge in [-0.1, -0.05) is 32.9 Å². The Kier molecular flexibility index (Phi) is 5.69. The molecule has 0 aliphatic rings. The summed E-state index contributed by atoms with van der Waals surface area (Å²) in [6.45, 7) is 8.90. The number of rotatable bonds is 6. The largest absolute Gasteiger partial charge is 0.374 e. The average molecular weight is 248 g/mol. The molecule has 3 heteroatoms. The normalized spacial score (nSPS) is 12.3. The van der Waals surface area contributed by atoms with Crippen LogP contribution in [0.3, 0.4) is 0 Å². The van der Waals surface area contributed by atoms with Crippen molar-refractivity contribution in [1.82, 2.24) is 5.32 Å². The van der Waals surface area contributed by atoms with Crippen LogP contribution in [0.1, 0.15) is 33.3 Å². The Balaban J connectivity index is 2.47. The summed E-state index contributed by atoms with van der Waals surface area (Å²) in [5, 5.41) is 6.13. The maximum atomic E-state index is 11.8. The summed E-state index contributed by atoms with van der Waals surface area (Å²) in [4.78, 5) is 11.8. The monoisotopic (exact) mass is 248 g/mol. The quantitative estimate of drug-likeness (QED) is 0.813. The Morgan fingerprint density at radius 2 is 1.78 bits per heavy atom. The molecule has 1 rings (SSSR count). The number of amides is 1. The van der Waals surface area contributed by atoms with E-state index in [9.17, 15) is 4.79 Å². The molecule has 1 amide bonds. The maximum Gasteiger partial charge on any atom is 0.242 e. The Labute approximate surface area is 110 Å². The minimum absolute atomic E-state index is 0.0447. The summed E-state index contributed by atoms with van der Waals surface area (Å²) in [6, 6.07) is 7.99. The lowest BCUT2D eigenvalue weighted by Crippen LogP contribution is -2.39. The predicted molar refractivity (Wildman–Crippen MR) is 76.8 cm³/mol. The number of anilines is 1. The first kappa shape index (κ1) is 14.6. The van der Waals surface area contributed by atoms with Gasteiger partial charge < -0.3 is 10.6 Å². The lowest BCUT2D eigenvalue weighted by atomic mass is 10.1. The second-order valence-electron chi connectivity index (χ2n) is 5.06. The molecule has 1 atom stereocenters. The minimum Gasteiger partial charge on any atom is -0.374 e. The summed E-state index contributed by atoms with van der Waals surface area (Å²) in [6.07, 6.45) is 1.03. The van der Waals surface area contributed by atoms with Gasteiger partial charge in [-0.05, 0) is 37.0 Å². The highest BCUT2D eigenvalue weighted by Gasteiger charge is 2.12. The fourth-order valence-corrected chi connectivity index (χ4v) is 1.61. The molecule has 0 aromatic heterocycles. The number of benzene rings is 1. The fourth-order valence-electron chi connectivity index (χ4n) is 1.61. The first-order valence-electron chi connectivity index (χ1n) is 6.66. The Morgan fingerprint density at radius 3 is 2.28 bits per heavy atom. The number of nitrogens with one attached hydrogen (secondary N) is 2. The van der Waals surface area contributed by atoms with Gasteiger partial charge in [-0.2, -0.15) is 0 Å². The van der Waals surface area contributed by atoms with Gasteiger partial charge in [0, 0.05) is 12.2 Å². The van der Waals surface area contributed by atoms with Gasteiger partial charge in [-0.25, -0.2) is 0 Å². The van der Waals surface area contributed by atoms with Crippen molar-refractivity contribution < 1.29 is 4.79 Å². The molecule has 0 saturated carbocycles. The molecule has 100 valence electrons. The molecule has 3 nitrogen and oxygen atoms in total. The highest BCUT2D eigenvalue weighted by molar-refractivity contribution is 5.84. The van der Waals surface area contributed by atoms with Crippen molar-refractivity contribution in [1.29, 1.82) is 0 Å². The van der Waals surface area contributed by atoms with Crippen LogP contribution in [0.15, 0.2) is 24.3 Å². The van der Waals surface area contributed by atoms with Gasteiger partial charge in [-0.15, -0.1) is 0 Å². The van der Waals surface area contributed by atoms with E-state index in [4.69, 9.17) is 0 Å². The highest BCUT2D eigenvalue weighted by atomic mass is 16.2. The molecule has 1 aromatic carbocycles. The van der Waals surface area contributed by atoms with Crippen LogP contribution in [0.2, 0.25) is 0 Å². The number of hydrogen-bond acceptors (Lipinski definition) is 2. The third kappa shape index (κ3) is 4.78. The lowest BCUT2D eigenvalue weighted by molar-refractivity contribution is -0.121. The number of hydrogen-bond donors (Lipinski definition) is 2. The zero-order chi connectivity index (χ0) is 13.5. The zero-order valence-electron chi connectivity index (χ0n) is 11.8. The van der Waals surface area contributed by atoms with Gasteiger partial charge in [0.1, 0.15) is 6.04 Å². The molecule has 0 aliphatic carbocycles. The van der Waals surface area contributed by atoms with Crippen LogP contribution in [0, 0.1) is 5.92 Å². The molecule has 0 spiro atoms. The van der Waals surface area contributed by atoms with E-state index >= 15 is 0 Å². The van der Waals surface area contributed by atoms with Crippen LogP contribution in [-0.2, 0) is 11.2 Å². The van der Waals surface area contributed by atoms with E-state index in [0.29, 0.717) is 5.92 Å². The fraction of sp³-hybridized carbons (Fsp3) is 0.533. The van der Waals surface area contributed by atoms with Gasteiger partial charge in [0.05, 0.1) is 0 Å². The summed E-state index contributed by atoms with van der Waals surface area (Å²) in [5.74, 6) is 0.522. The first-order valence-corrected chi connectivity index (χ1v) is 6.66. The van der Waals surface area contributed by atoms with Crippen LogP contribution < -0.4 is 10.6 Å². The molecule has 0 heterocycles. The van der Waals surface area contributed by atoms with Crippen LogP contribution in [0.5, 0.6) is 0 Å². The van der Waals surface area contributed by atoms with Crippen molar-refractivity contribution in [3.63, 3.8) is 0 Å². The third-order valence-electron chi connectivity index (χ3n) is 2.82. The van der Waals surface area contributed by atoms with Gasteiger partial charge >= 0.3 is 0 Å². The molecular formula is C15H24N2O. The van der Waals surface area contributed by atoms with Crippen molar-refractivity contribution in [3.05, 3.63) is 29.8 Å². The van der Waals surface area contributed by atoms with Crippen molar-refractivity contribution in [3.8, 4) is 0 Å². The summed E-state index contributed by atoms with van der Waals surface area (Å²) < 4.78 is 0. The second-order valence-corrected chi connectivity index (χ2v) is 5.06. The van der Waals surface area contributed by atoms with Crippen LogP contribution in [-0.4, -0.2) is 18.5 Å². The molecule has 1 aromatic rings. The van der Waals surface area contributed by atoms with Gasteiger partial charge in [0.2, 0.25) is 5.91 Å². The molecule has 0 aliphatic heterocycles. The number of aryl methyl sites for hydroxylation is 1. The topological polar surface area (TPSA) is 41.1 Å². The molecular weight excluding hydrogens is 224 g/mol. The van der Waals surface area contributed by atoms with E-state index in [1.54, 1.807) is 0 Å². The third-order valence-corrected chi connectivity index (χ3v) is 2.82. The van der Waals surface area contributed by atoms with Crippen molar-refractivity contribution >= 4 is 11.6 Å². The molecule has 18 heavy (non-hydrogen) atoms. The Hall–Kier alpha value is -1.51. The summed E-state index contributed by atoms with van der Waals surface area (Å²) in [7, 11) is 0. The molecule has 0 bridgehead atoms. The van der Waals surface area contributed by atoms with Gasteiger partial charge in [0.15, 0.2) is 0 Å². The van der Waals surface area contributed by atoms with Crippen LogP contribution in [0.25, 0.3) is 0 Å².